The molecule has 2 aliphatic rings. The van der Waals surface area contributed by atoms with Crippen LogP contribution in [0.25, 0.3) is 33.5 Å². The third-order valence-electron chi connectivity index (χ3n) is 10.1. The smallest absolute Gasteiger partial charge is 0.258 e. The molecule has 12 nitrogen and oxygen atoms in total. The standard InChI is InChI=1S/C39H42FN7O5/c1-50-20-21-52-34-11-8-29(22-32(34)40)36-31-23-30(9-10-33(31)44-45-36)43-38(49)39(51-2)14-19-46(25-39)24-35(48)47-17-12-27(13-18-47)26-4-6-28(7-5-26)37-41-15-3-16-42-37/h3-11,15-16,22-23,27H,12-14,17-21,24-25H2,1-2H3,(H,43,49)(H,44,45)/t39-/m0/s1. The van der Waals surface area contributed by atoms with Crippen molar-refractivity contribution in [2.45, 2.75) is 30.8 Å². The molecule has 13 heteroatoms. The second-order valence-corrected chi connectivity index (χ2v) is 13.3. The van der Waals surface area contributed by atoms with Crippen LogP contribution < -0.4 is 10.1 Å². The van der Waals surface area contributed by atoms with E-state index in [4.69, 9.17) is 14.2 Å². The van der Waals surface area contributed by atoms with Gasteiger partial charge < -0.3 is 24.4 Å². The fourth-order valence-corrected chi connectivity index (χ4v) is 7.10. The highest BCUT2D eigenvalue weighted by Crippen LogP contribution is 2.33. The van der Waals surface area contributed by atoms with E-state index in [-0.39, 0.29) is 30.7 Å². The monoisotopic (exact) mass is 707 g/mol. The molecule has 2 aliphatic heterocycles. The van der Waals surface area contributed by atoms with E-state index in [1.807, 2.05) is 21.9 Å². The molecule has 4 heterocycles. The maximum absolute atomic E-state index is 14.8. The Morgan fingerprint density at radius 3 is 2.46 bits per heavy atom. The van der Waals surface area contributed by atoms with Crippen molar-refractivity contribution in [1.82, 2.24) is 30.0 Å². The summed E-state index contributed by atoms with van der Waals surface area (Å²) in [4.78, 5) is 39.7. The number of nitrogens with zero attached hydrogens (tertiary/aromatic N) is 5. The zero-order chi connectivity index (χ0) is 36.1. The van der Waals surface area contributed by atoms with Crippen molar-refractivity contribution < 1.29 is 28.2 Å². The first-order valence-electron chi connectivity index (χ1n) is 17.5. The molecule has 0 bridgehead atoms. The fourth-order valence-electron chi connectivity index (χ4n) is 7.10. The number of nitrogens with one attached hydrogen (secondary N) is 2. The first-order chi connectivity index (χ1) is 25.4. The Hall–Kier alpha value is -5.24. The molecule has 3 aromatic carbocycles. The van der Waals surface area contributed by atoms with Gasteiger partial charge in [-0.15, -0.1) is 0 Å². The highest BCUT2D eigenvalue weighted by Gasteiger charge is 2.45. The largest absolute Gasteiger partial charge is 0.488 e. The van der Waals surface area contributed by atoms with Crippen LogP contribution >= 0.6 is 0 Å². The lowest BCUT2D eigenvalue weighted by atomic mass is 9.89. The lowest BCUT2D eigenvalue weighted by Crippen LogP contribution is -2.48. The zero-order valence-electron chi connectivity index (χ0n) is 29.3. The molecule has 52 heavy (non-hydrogen) atoms. The van der Waals surface area contributed by atoms with Crippen molar-refractivity contribution >= 4 is 28.4 Å². The zero-order valence-corrected chi connectivity index (χ0v) is 29.3. The van der Waals surface area contributed by atoms with Gasteiger partial charge in [-0.3, -0.25) is 19.6 Å². The van der Waals surface area contributed by atoms with Gasteiger partial charge in [-0.05, 0) is 73.2 Å². The van der Waals surface area contributed by atoms with E-state index in [2.05, 4.69) is 49.7 Å². The van der Waals surface area contributed by atoms with Gasteiger partial charge in [0, 0.05) is 75.0 Å². The first-order valence-corrected chi connectivity index (χ1v) is 17.5. The molecule has 2 fully saturated rings. The van der Waals surface area contributed by atoms with Crippen LogP contribution in [0.15, 0.2) is 79.1 Å². The molecule has 2 aromatic heterocycles. The van der Waals surface area contributed by atoms with Gasteiger partial charge in [0.25, 0.3) is 5.91 Å². The summed E-state index contributed by atoms with van der Waals surface area (Å²) in [5, 5.41) is 11.1. The minimum absolute atomic E-state index is 0.0614. The maximum Gasteiger partial charge on any atom is 0.258 e. The van der Waals surface area contributed by atoms with E-state index in [1.54, 1.807) is 43.8 Å². The van der Waals surface area contributed by atoms with Gasteiger partial charge in [0.05, 0.1) is 18.7 Å². The number of likely N-dealkylation sites (tertiary alicyclic amines) is 2. The normalized spacial score (nSPS) is 18.2. The van der Waals surface area contributed by atoms with Gasteiger partial charge in [-0.1, -0.05) is 24.3 Å². The number of amides is 2. The number of anilines is 1. The third kappa shape index (κ3) is 7.52. The van der Waals surface area contributed by atoms with Crippen molar-refractivity contribution in [3.05, 3.63) is 90.5 Å². The van der Waals surface area contributed by atoms with Crippen LogP contribution in [0.2, 0.25) is 0 Å². The van der Waals surface area contributed by atoms with Gasteiger partial charge in [0.15, 0.2) is 23.0 Å². The quantitative estimate of drug-likeness (QED) is 0.166. The van der Waals surface area contributed by atoms with E-state index in [0.29, 0.717) is 67.9 Å². The van der Waals surface area contributed by atoms with Crippen molar-refractivity contribution in [3.63, 3.8) is 0 Å². The Morgan fingerprint density at radius 2 is 1.73 bits per heavy atom. The molecule has 2 amide bonds. The van der Waals surface area contributed by atoms with Crippen LogP contribution in [0.4, 0.5) is 10.1 Å². The number of methoxy groups -OCH3 is 2. The van der Waals surface area contributed by atoms with Crippen molar-refractivity contribution in [3.8, 4) is 28.4 Å². The summed E-state index contributed by atoms with van der Waals surface area (Å²) in [5.41, 5.74) is 3.53. The predicted octanol–water partition coefficient (Wildman–Crippen LogP) is 5.29. The van der Waals surface area contributed by atoms with Crippen LogP contribution in [0.3, 0.4) is 0 Å². The number of piperidine rings is 1. The van der Waals surface area contributed by atoms with Gasteiger partial charge in [0.2, 0.25) is 5.91 Å². The Kier molecular flexibility index (Phi) is 10.5. The number of hydrogen-bond acceptors (Lipinski definition) is 9. The molecule has 1 atom stereocenters. The average molecular weight is 708 g/mol. The Labute approximate surface area is 301 Å². The summed E-state index contributed by atoms with van der Waals surface area (Å²) in [6, 6.07) is 20.3. The third-order valence-corrected chi connectivity index (χ3v) is 10.1. The SMILES string of the molecule is COCCOc1ccc(-c2n[nH]c3ccc(NC(=O)[C@]4(OC)CCN(CC(=O)N5CCC(c6ccc(-c7ncccn7)cc6)CC5)C4)cc23)cc1F. The first kappa shape index (κ1) is 35.2. The number of carbonyl (C=O) groups excluding carboxylic acids is 2. The molecular formula is C39H42FN7O5. The topological polar surface area (TPSA) is 135 Å². The Bertz CT molecular complexity index is 2020. The van der Waals surface area contributed by atoms with Gasteiger partial charge >= 0.3 is 0 Å². The van der Waals surface area contributed by atoms with E-state index in [1.165, 1.54) is 18.7 Å². The van der Waals surface area contributed by atoms with Crippen LogP contribution in [0.1, 0.15) is 30.7 Å². The van der Waals surface area contributed by atoms with E-state index in [9.17, 15) is 14.0 Å². The molecule has 2 saturated heterocycles. The summed E-state index contributed by atoms with van der Waals surface area (Å²) in [5.74, 6) is 0.490. The lowest BCUT2D eigenvalue weighted by molar-refractivity contribution is -0.138. The molecule has 0 spiro atoms. The number of H-pyrrole nitrogens is 1. The molecule has 0 unspecified atom stereocenters. The predicted molar refractivity (Wildman–Crippen MR) is 194 cm³/mol. The maximum atomic E-state index is 14.8. The number of halogens is 1. The number of benzene rings is 3. The molecule has 270 valence electrons. The fraction of sp³-hybridized carbons (Fsp3) is 0.359. The van der Waals surface area contributed by atoms with E-state index >= 15 is 0 Å². The van der Waals surface area contributed by atoms with Gasteiger partial charge in [0.1, 0.15) is 12.3 Å². The molecule has 0 saturated carbocycles. The highest BCUT2D eigenvalue weighted by atomic mass is 19.1. The number of hydrogen-bond donors (Lipinski definition) is 2. The van der Waals surface area contributed by atoms with Crippen molar-refractivity contribution in [2.24, 2.45) is 0 Å². The van der Waals surface area contributed by atoms with E-state index < -0.39 is 11.4 Å². The summed E-state index contributed by atoms with van der Waals surface area (Å²) >= 11 is 0. The summed E-state index contributed by atoms with van der Waals surface area (Å²) in [7, 11) is 3.09. The molecule has 5 aromatic rings. The number of aromatic amines is 1. The average Bonchev–Trinajstić information content (AvgIpc) is 3.81. The second kappa shape index (κ2) is 15.6. The lowest BCUT2D eigenvalue weighted by Gasteiger charge is -2.33. The van der Waals surface area contributed by atoms with E-state index in [0.717, 1.165) is 29.3 Å². The van der Waals surface area contributed by atoms with Gasteiger partial charge in [-0.25, -0.2) is 14.4 Å². The number of aromatic nitrogens is 4. The minimum Gasteiger partial charge on any atom is -0.488 e. The highest BCUT2D eigenvalue weighted by molar-refractivity contribution is 6.01. The van der Waals surface area contributed by atoms with Crippen LogP contribution in [-0.2, 0) is 19.1 Å². The minimum atomic E-state index is -1.11. The van der Waals surface area contributed by atoms with Crippen molar-refractivity contribution in [1.29, 1.82) is 0 Å². The van der Waals surface area contributed by atoms with Crippen LogP contribution in [-0.4, -0.2) is 108 Å². The number of rotatable bonds is 12. The molecular weight excluding hydrogens is 665 g/mol. The molecule has 0 aliphatic carbocycles. The summed E-state index contributed by atoms with van der Waals surface area (Å²) in [6.07, 6.45) is 5.71. The van der Waals surface area contributed by atoms with Crippen LogP contribution in [0, 0.1) is 5.82 Å². The molecule has 7 rings (SSSR count). The number of fused-ring (bicyclic) bond motifs is 1. The number of carbonyl (C=O) groups is 2. The summed E-state index contributed by atoms with van der Waals surface area (Å²) < 4.78 is 31.1. The van der Waals surface area contributed by atoms with Gasteiger partial charge in [-0.2, -0.15) is 5.10 Å². The Morgan fingerprint density at radius 1 is 0.962 bits per heavy atom. The Balaban J connectivity index is 0.938. The molecule has 2 N–H and O–H groups in total. The summed E-state index contributed by atoms with van der Waals surface area (Å²) in [6.45, 7) is 3.05. The van der Waals surface area contributed by atoms with Crippen LogP contribution in [0.5, 0.6) is 5.75 Å². The van der Waals surface area contributed by atoms with Crippen molar-refractivity contribution in [2.75, 3.05) is 65.5 Å². The number of ether oxygens (including phenoxy) is 3. The molecule has 0 radical (unpaired) electrons. The second-order valence-electron chi connectivity index (χ2n) is 13.3.